The van der Waals surface area contributed by atoms with E-state index in [0.29, 0.717) is 16.6 Å². The van der Waals surface area contributed by atoms with Crippen molar-refractivity contribution in [2.45, 2.75) is 32.7 Å². The molecule has 15 heavy (non-hydrogen) atoms. The zero-order valence-electron chi connectivity index (χ0n) is 8.17. The summed E-state index contributed by atoms with van der Waals surface area (Å²) in [5.41, 5.74) is 0.827. The Bertz CT molecular complexity index is 381. The largest absolute Gasteiger partial charge is 0.257 e. The van der Waals surface area contributed by atoms with E-state index >= 15 is 0 Å². The van der Waals surface area contributed by atoms with Gasteiger partial charge in [0.15, 0.2) is 5.69 Å². The number of nitrogens with zero attached hydrogens (tertiary/aromatic N) is 3. The molecular formula is C9H10BrF2N3. The molecule has 1 heterocycles. The first-order valence-electron chi connectivity index (χ1n) is 4.53. The first kappa shape index (κ1) is 12.1. The molecule has 0 unspecified atom stereocenters. The van der Waals surface area contributed by atoms with Crippen molar-refractivity contribution in [1.29, 1.82) is 5.26 Å². The second kappa shape index (κ2) is 5.21. The predicted molar refractivity (Wildman–Crippen MR) is 54.6 cm³/mol. The van der Waals surface area contributed by atoms with Gasteiger partial charge in [-0.1, -0.05) is 13.3 Å². The summed E-state index contributed by atoms with van der Waals surface area (Å²) in [5, 5.41) is 12.8. The van der Waals surface area contributed by atoms with Crippen LogP contribution in [0.4, 0.5) is 8.78 Å². The Kier molecular flexibility index (Phi) is 4.21. The fourth-order valence-electron chi connectivity index (χ4n) is 1.26. The van der Waals surface area contributed by atoms with Gasteiger partial charge in [-0.05, 0) is 22.4 Å². The van der Waals surface area contributed by atoms with Crippen LogP contribution in [0.5, 0.6) is 0 Å². The molecule has 6 heteroatoms. The monoisotopic (exact) mass is 277 g/mol. The van der Waals surface area contributed by atoms with Crippen LogP contribution < -0.4 is 0 Å². The number of aryl methyl sites for hydroxylation is 1. The second-order valence-electron chi connectivity index (χ2n) is 3.04. The minimum atomic E-state index is -2.50. The van der Waals surface area contributed by atoms with Gasteiger partial charge in [-0.2, -0.15) is 10.4 Å². The number of rotatable bonds is 4. The third-order valence-corrected chi connectivity index (χ3v) is 2.70. The van der Waals surface area contributed by atoms with Gasteiger partial charge in [0.25, 0.3) is 6.43 Å². The molecule has 0 fully saturated rings. The molecule has 0 aliphatic heterocycles. The fourth-order valence-corrected chi connectivity index (χ4v) is 1.83. The summed E-state index contributed by atoms with van der Waals surface area (Å²) in [5.74, 6) is 0. The first-order valence-corrected chi connectivity index (χ1v) is 5.32. The minimum Gasteiger partial charge on any atom is -0.248 e. The standard InChI is InChI=1S/C9H10BrF2N3/c1-2-3-6-9(10)7(4-13)15(14-6)5-8(11)12/h8H,2-3,5H2,1H3. The molecule has 0 aliphatic rings. The topological polar surface area (TPSA) is 41.6 Å². The molecule has 1 aromatic heterocycles. The van der Waals surface area contributed by atoms with Crippen LogP contribution in [0.3, 0.4) is 0 Å². The lowest BCUT2D eigenvalue weighted by Gasteiger charge is -2.00. The summed E-state index contributed by atoms with van der Waals surface area (Å²) >= 11 is 3.20. The van der Waals surface area contributed by atoms with Crippen LogP contribution in [-0.2, 0) is 13.0 Å². The highest BCUT2D eigenvalue weighted by Crippen LogP contribution is 2.22. The van der Waals surface area contributed by atoms with Gasteiger partial charge in [0.05, 0.1) is 10.2 Å². The SMILES string of the molecule is CCCc1nn(CC(F)F)c(C#N)c1Br. The molecule has 0 saturated carbocycles. The highest BCUT2D eigenvalue weighted by molar-refractivity contribution is 9.10. The van der Waals surface area contributed by atoms with Crippen molar-refractivity contribution in [2.24, 2.45) is 0 Å². The lowest BCUT2D eigenvalue weighted by atomic mass is 10.2. The van der Waals surface area contributed by atoms with E-state index in [2.05, 4.69) is 21.0 Å². The van der Waals surface area contributed by atoms with Crippen LogP contribution >= 0.6 is 15.9 Å². The molecule has 0 radical (unpaired) electrons. The Morgan fingerprint density at radius 2 is 2.27 bits per heavy atom. The molecule has 0 amide bonds. The van der Waals surface area contributed by atoms with Gasteiger partial charge in [-0.25, -0.2) is 13.5 Å². The third-order valence-electron chi connectivity index (χ3n) is 1.86. The van der Waals surface area contributed by atoms with E-state index in [4.69, 9.17) is 5.26 Å². The molecule has 0 aliphatic carbocycles. The van der Waals surface area contributed by atoms with Crippen LogP contribution in [0.15, 0.2) is 4.47 Å². The normalized spacial score (nSPS) is 10.7. The minimum absolute atomic E-state index is 0.166. The van der Waals surface area contributed by atoms with Crippen molar-refractivity contribution < 1.29 is 8.78 Å². The van der Waals surface area contributed by atoms with Crippen LogP contribution in [0.2, 0.25) is 0 Å². The summed E-state index contributed by atoms with van der Waals surface area (Å²) in [6.45, 7) is 1.43. The fraction of sp³-hybridized carbons (Fsp3) is 0.556. The van der Waals surface area contributed by atoms with E-state index in [9.17, 15) is 8.78 Å². The van der Waals surface area contributed by atoms with Gasteiger partial charge < -0.3 is 0 Å². The summed E-state index contributed by atoms with van der Waals surface area (Å²) in [6.07, 6.45) is -0.973. The van der Waals surface area contributed by atoms with Crippen LogP contribution in [0, 0.1) is 11.3 Å². The van der Waals surface area contributed by atoms with Crippen LogP contribution in [0.25, 0.3) is 0 Å². The van der Waals surface area contributed by atoms with Crippen molar-refractivity contribution in [3.05, 3.63) is 15.9 Å². The van der Waals surface area contributed by atoms with Crippen molar-refractivity contribution in [3.63, 3.8) is 0 Å². The van der Waals surface area contributed by atoms with Gasteiger partial charge in [-0.15, -0.1) is 0 Å². The number of alkyl halides is 2. The Morgan fingerprint density at radius 1 is 1.60 bits per heavy atom. The summed E-state index contributed by atoms with van der Waals surface area (Å²) < 4.78 is 25.9. The molecule has 1 aromatic rings. The zero-order chi connectivity index (χ0) is 11.4. The third kappa shape index (κ3) is 2.75. The molecule has 0 atom stereocenters. The maximum absolute atomic E-state index is 12.2. The number of aromatic nitrogens is 2. The van der Waals surface area contributed by atoms with E-state index in [1.54, 1.807) is 0 Å². The summed E-state index contributed by atoms with van der Waals surface area (Å²) in [6, 6.07) is 1.87. The Balaban J connectivity index is 3.05. The van der Waals surface area contributed by atoms with Crippen LogP contribution in [-0.4, -0.2) is 16.2 Å². The molecule has 1 rings (SSSR count). The first-order chi connectivity index (χ1) is 7.10. The number of hydrogen-bond donors (Lipinski definition) is 0. The van der Waals surface area contributed by atoms with Crippen molar-refractivity contribution in [2.75, 3.05) is 0 Å². The molecule has 0 aromatic carbocycles. The van der Waals surface area contributed by atoms with Gasteiger partial charge in [0.1, 0.15) is 12.6 Å². The van der Waals surface area contributed by atoms with E-state index in [-0.39, 0.29) is 5.69 Å². The lowest BCUT2D eigenvalue weighted by molar-refractivity contribution is 0.121. The van der Waals surface area contributed by atoms with E-state index in [0.717, 1.165) is 11.1 Å². The molecule has 0 saturated heterocycles. The lowest BCUT2D eigenvalue weighted by Crippen LogP contribution is -2.10. The second-order valence-corrected chi connectivity index (χ2v) is 3.84. The number of nitriles is 1. The molecule has 0 spiro atoms. The van der Waals surface area contributed by atoms with Gasteiger partial charge in [0.2, 0.25) is 0 Å². The van der Waals surface area contributed by atoms with E-state index < -0.39 is 13.0 Å². The predicted octanol–water partition coefficient (Wildman–Crippen LogP) is 2.73. The Hall–Kier alpha value is -0.960. The molecule has 0 bridgehead atoms. The van der Waals surface area contributed by atoms with Gasteiger partial charge in [0, 0.05) is 0 Å². The Labute approximate surface area is 94.8 Å². The average Bonchev–Trinajstić information content (AvgIpc) is 2.43. The van der Waals surface area contributed by atoms with Gasteiger partial charge in [-0.3, -0.25) is 0 Å². The molecule has 3 nitrogen and oxygen atoms in total. The molecular weight excluding hydrogens is 268 g/mol. The van der Waals surface area contributed by atoms with Crippen molar-refractivity contribution in [1.82, 2.24) is 9.78 Å². The molecule has 0 N–H and O–H groups in total. The van der Waals surface area contributed by atoms with Crippen LogP contribution in [0.1, 0.15) is 24.7 Å². The van der Waals surface area contributed by atoms with Crippen molar-refractivity contribution >= 4 is 15.9 Å². The maximum Gasteiger partial charge on any atom is 0.257 e. The quantitative estimate of drug-likeness (QED) is 0.849. The number of halogens is 3. The number of hydrogen-bond acceptors (Lipinski definition) is 2. The highest BCUT2D eigenvalue weighted by Gasteiger charge is 2.17. The maximum atomic E-state index is 12.2. The van der Waals surface area contributed by atoms with E-state index in [1.165, 1.54) is 0 Å². The Morgan fingerprint density at radius 3 is 2.73 bits per heavy atom. The summed E-state index contributed by atoms with van der Waals surface area (Å²) in [7, 11) is 0. The molecule has 82 valence electrons. The van der Waals surface area contributed by atoms with Crippen molar-refractivity contribution in [3.8, 4) is 6.07 Å². The zero-order valence-corrected chi connectivity index (χ0v) is 9.76. The van der Waals surface area contributed by atoms with E-state index in [1.807, 2.05) is 13.0 Å². The average molecular weight is 278 g/mol. The summed E-state index contributed by atoms with van der Waals surface area (Å²) in [4.78, 5) is 0. The smallest absolute Gasteiger partial charge is 0.248 e. The van der Waals surface area contributed by atoms with Gasteiger partial charge >= 0.3 is 0 Å². The highest BCUT2D eigenvalue weighted by atomic mass is 79.9.